The Morgan fingerprint density at radius 2 is 2.10 bits per heavy atom. The summed E-state index contributed by atoms with van der Waals surface area (Å²) in [7, 11) is 0. The second-order valence-electron chi connectivity index (χ2n) is 7.66. The number of nitrogens with one attached hydrogen (secondary N) is 1. The fourth-order valence-corrected chi connectivity index (χ4v) is 4.23. The summed E-state index contributed by atoms with van der Waals surface area (Å²) in [5.74, 6) is -1.69. The topological polar surface area (TPSA) is 92.5 Å². The van der Waals surface area contributed by atoms with Crippen LogP contribution in [0.2, 0.25) is 0 Å². The van der Waals surface area contributed by atoms with Gasteiger partial charge in [-0.25, -0.2) is 9.37 Å². The van der Waals surface area contributed by atoms with E-state index in [1.807, 2.05) is 6.07 Å². The van der Waals surface area contributed by atoms with Crippen molar-refractivity contribution in [2.24, 2.45) is 0 Å². The second-order valence-corrected chi connectivity index (χ2v) is 7.66. The van der Waals surface area contributed by atoms with Crippen molar-refractivity contribution in [1.29, 1.82) is 0 Å². The number of fused-ring (bicyclic) bond motifs is 2. The van der Waals surface area contributed by atoms with Gasteiger partial charge in [0.1, 0.15) is 17.3 Å². The fraction of sp³-hybridized carbons (Fsp3) is 0.273. The third kappa shape index (κ3) is 2.87. The third-order valence-corrected chi connectivity index (χ3v) is 5.82. The Balaban J connectivity index is 1.43. The lowest BCUT2D eigenvalue weighted by molar-refractivity contribution is -0.134. The molecule has 1 saturated heterocycles. The van der Waals surface area contributed by atoms with Crippen molar-refractivity contribution in [3.05, 3.63) is 64.8 Å². The van der Waals surface area contributed by atoms with Gasteiger partial charge in [-0.05, 0) is 43.2 Å². The van der Waals surface area contributed by atoms with Crippen LogP contribution in [-0.2, 0) is 16.1 Å². The molecule has 0 radical (unpaired) electrons. The van der Waals surface area contributed by atoms with E-state index < -0.39 is 11.8 Å². The molecule has 8 heteroatoms. The van der Waals surface area contributed by atoms with Gasteiger partial charge in [0.05, 0.1) is 6.04 Å². The molecule has 2 atom stereocenters. The van der Waals surface area contributed by atoms with Gasteiger partial charge < -0.3 is 9.32 Å². The summed E-state index contributed by atoms with van der Waals surface area (Å²) in [5, 5.41) is 2.29. The Labute approximate surface area is 170 Å². The lowest BCUT2D eigenvalue weighted by atomic mass is 9.98. The minimum atomic E-state index is -0.634. The smallest absolute Gasteiger partial charge is 0.254 e. The van der Waals surface area contributed by atoms with Crippen LogP contribution in [0.25, 0.3) is 11.1 Å². The Bertz CT molecular complexity index is 1220. The van der Waals surface area contributed by atoms with E-state index >= 15 is 0 Å². The minimum absolute atomic E-state index is 0.225. The summed E-state index contributed by atoms with van der Waals surface area (Å²) >= 11 is 0. The van der Waals surface area contributed by atoms with Crippen molar-refractivity contribution in [3.8, 4) is 0 Å². The molecule has 2 aliphatic heterocycles. The average molecular weight is 407 g/mol. The van der Waals surface area contributed by atoms with E-state index in [-0.39, 0.29) is 36.0 Å². The molecule has 0 saturated carbocycles. The Morgan fingerprint density at radius 3 is 2.87 bits per heavy atom. The van der Waals surface area contributed by atoms with Crippen LogP contribution in [0.3, 0.4) is 0 Å². The molecule has 0 bridgehead atoms. The SMILES string of the molecule is C[C@@H]1c2c(F)cccc2CN1C(=O)c1ccc2nc(C3CCC(=O)NC3=O)oc2c1. The number of carbonyl (C=O) groups is 3. The number of halogens is 1. The van der Waals surface area contributed by atoms with Crippen LogP contribution in [-0.4, -0.2) is 27.6 Å². The van der Waals surface area contributed by atoms with Crippen molar-refractivity contribution in [2.45, 2.75) is 38.3 Å². The first kappa shape index (κ1) is 18.5. The highest BCUT2D eigenvalue weighted by Gasteiger charge is 2.34. The van der Waals surface area contributed by atoms with E-state index in [1.165, 1.54) is 6.07 Å². The molecule has 2 aliphatic rings. The van der Waals surface area contributed by atoms with E-state index in [2.05, 4.69) is 10.3 Å². The third-order valence-electron chi connectivity index (χ3n) is 5.82. The Kier molecular flexibility index (Phi) is 4.16. The molecule has 3 heterocycles. The standard InChI is InChI=1S/C22H18FN3O4/c1-11-19-13(3-2-4-15(19)23)10-26(11)22(29)12-5-7-16-17(9-12)30-21(24-16)14-6-8-18(27)25-20(14)28/h2-5,7,9,11,14H,6,8,10H2,1H3,(H,25,27,28)/t11-,14?/m1/s1. The molecule has 7 nitrogen and oxygen atoms in total. The van der Waals surface area contributed by atoms with Crippen LogP contribution in [0.15, 0.2) is 40.8 Å². The van der Waals surface area contributed by atoms with Crippen molar-refractivity contribution in [1.82, 2.24) is 15.2 Å². The molecule has 0 spiro atoms. The highest BCUT2D eigenvalue weighted by Crippen LogP contribution is 2.36. The lowest BCUT2D eigenvalue weighted by Crippen LogP contribution is -2.39. The maximum absolute atomic E-state index is 14.2. The van der Waals surface area contributed by atoms with Gasteiger partial charge in [0.25, 0.3) is 5.91 Å². The van der Waals surface area contributed by atoms with Crippen molar-refractivity contribution < 1.29 is 23.2 Å². The van der Waals surface area contributed by atoms with Gasteiger partial charge >= 0.3 is 0 Å². The van der Waals surface area contributed by atoms with Crippen LogP contribution >= 0.6 is 0 Å². The zero-order valence-corrected chi connectivity index (χ0v) is 16.1. The molecule has 2 aromatic carbocycles. The summed E-state index contributed by atoms with van der Waals surface area (Å²) < 4.78 is 20.0. The van der Waals surface area contributed by atoms with Gasteiger partial charge in [-0.3, -0.25) is 19.7 Å². The van der Waals surface area contributed by atoms with Crippen LogP contribution in [0.5, 0.6) is 0 Å². The molecule has 3 aromatic rings. The quantitative estimate of drug-likeness (QED) is 0.659. The van der Waals surface area contributed by atoms with E-state index in [9.17, 15) is 18.8 Å². The number of aromatic nitrogens is 1. The number of hydrogen-bond donors (Lipinski definition) is 1. The molecule has 1 N–H and O–H groups in total. The number of imide groups is 1. The Hall–Kier alpha value is -3.55. The van der Waals surface area contributed by atoms with E-state index in [0.29, 0.717) is 35.2 Å². The maximum Gasteiger partial charge on any atom is 0.254 e. The number of hydrogen-bond acceptors (Lipinski definition) is 5. The molecule has 152 valence electrons. The molecule has 1 aromatic heterocycles. The number of rotatable bonds is 2. The van der Waals surface area contributed by atoms with Gasteiger partial charge in [-0.15, -0.1) is 0 Å². The first-order valence-electron chi connectivity index (χ1n) is 9.75. The summed E-state index contributed by atoms with van der Waals surface area (Å²) in [6.45, 7) is 2.14. The monoisotopic (exact) mass is 407 g/mol. The second kappa shape index (κ2) is 6.76. The summed E-state index contributed by atoms with van der Waals surface area (Å²) in [5.41, 5.74) is 2.66. The lowest BCUT2D eigenvalue weighted by Gasteiger charge is -2.22. The number of benzene rings is 2. The van der Waals surface area contributed by atoms with E-state index in [4.69, 9.17) is 4.42 Å². The van der Waals surface area contributed by atoms with Crippen molar-refractivity contribution in [3.63, 3.8) is 0 Å². The van der Waals surface area contributed by atoms with Crippen LogP contribution in [0.1, 0.15) is 59.1 Å². The molecule has 30 heavy (non-hydrogen) atoms. The molecular formula is C22H18FN3O4. The molecule has 0 aliphatic carbocycles. The van der Waals surface area contributed by atoms with Crippen LogP contribution in [0.4, 0.5) is 4.39 Å². The molecular weight excluding hydrogens is 389 g/mol. The zero-order chi connectivity index (χ0) is 21.0. The number of nitrogens with zero attached hydrogens (tertiary/aromatic N) is 2. The summed E-state index contributed by atoms with van der Waals surface area (Å²) in [6, 6.07) is 9.40. The normalized spacial score (nSPS) is 21.1. The van der Waals surface area contributed by atoms with Crippen molar-refractivity contribution >= 4 is 28.8 Å². The highest BCUT2D eigenvalue weighted by atomic mass is 19.1. The summed E-state index contributed by atoms with van der Waals surface area (Å²) in [4.78, 5) is 42.5. The molecule has 5 rings (SSSR count). The number of carbonyl (C=O) groups excluding carboxylic acids is 3. The predicted molar refractivity (Wildman–Crippen MR) is 104 cm³/mol. The molecule has 1 fully saturated rings. The first-order chi connectivity index (χ1) is 14.4. The fourth-order valence-electron chi connectivity index (χ4n) is 4.23. The number of oxazole rings is 1. The van der Waals surface area contributed by atoms with E-state index in [0.717, 1.165) is 5.56 Å². The highest BCUT2D eigenvalue weighted by molar-refractivity contribution is 6.01. The minimum Gasteiger partial charge on any atom is -0.440 e. The van der Waals surface area contributed by atoms with Gasteiger partial charge in [0, 0.05) is 24.1 Å². The van der Waals surface area contributed by atoms with Crippen molar-refractivity contribution in [2.75, 3.05) is 0 Å². The van der Waals surface area contributed by atoms with Crippen LogP contribution < -0.4 is 5.32 Å². The molecule has 1 unspecified atom stereocenters. The Morgan fingerprint density at radius 1 is 1.27 bits per heavy atom. The van der Waals surface area contributed by atoms with Gasteiger partial charge in [0.2, 0.25) is 17.7 Å². The van der Waals surface area contributed by atoms with Gasteiger partial charge in [-0.2, -0.15) is 0 Å². The predicted octanol–water partition coefficient (Wildman–Crippen LogP) is 3.20. The van der Waals surface area contributed by atoms with E-state index in [1.54, 1.807) is 36.1 Å². The average Bonchev–Trinajstić information content (AvgIpc) is 3.28. The van der Waals surface area contributed by atoms with Crippen LogP contribution in [0, 0.1) is 5.82 Å². The number of amides is 3. The molecule has 3 amide bonds. The first-order valence-corrected chi connectivity index (χ1v) is 9.75. The largest absolute Gasteiger partial charge is 0.440 e. The zero-order valence-electron chi connectivity index (χ0n) is 16.1. The van der Waals surface area contributed by atoms with Gasteiger partial charge in [0.15, 0.2) is 5.58 Å². The maximum atomic E-state index is 14.2. The van der Waals surface area contributed by atoms with Gasteiger partial charge in [-0.1, -0.05) is 12.1 Å². The number of piperidine rings is 1. The summed E-state index contributed by atoms with van der Waals surface area (Å²) in [6.07, 6.45) is 0.557.